The SMILES string of the molecule is COC[C@H]1[C@H](c2ccccc2)OC(=O)CC/C=C/CCC(=O)N1Cc1cccc(/C=N/NC(=O)c2ccc(OCCCCCCC(=O)NO)cc2)c1. The highest BCUT2D eigenvalue weighted by Crippen LogP contribution is 2.29. The highest BCUT2D eigenvalue weighted by molar-refractivity contribution is 5.95. The van der Waals surface area contributed by atoms with Crippen molar-refractivity contribution in [2.24, 2.45) is 5.10 Å². The van der Waals surface area contributed by atoms with Crippen LogP contribution in [0.4, 0.5) is 0 Å². The summed E-state index contributed by atoms with van der Waals surface area (Å²) in [7, 11) is 1.57. The third-order valence-electron chi connectivity index (χ3n) is 8.49. The molecule has 0 bridgehead atoms. The van der Waals surface area contributed by atoms with Gasteiger partial charge in [0.25, 0.3) is 5.91 Å². The predicted molar refractivity (Wildman–Crippen MR) is 196 cm³/mol. The fourth-order valence-corrected chi connectivity index (χ4v) is 5.79. The first-order valence-corrected chi connectivity index (χ1v) is 17.6. The number of nitrogens with zero attached hydrogens (tertiary/aromatic N) is 2. The number of nitrogens with one attached hydrogen (secondary N) is 2. The van der Waals surface area contributed by atoms with Gasteiger partial charge < -0.3 is 19.1 Å². The number of hydrazone groups is 1. The number of ether oxygens (including phenoxy) is 3. The number of methoxy groups -OCH3 is 1. The van der Waals surface area contributed by atoms with Crippen LogP contribution in [0.1, 0.15) is 90.9 Å². The fourth-order valence-electron chi connectivity index (χ4n) is 5.79. The average Bonchev–Trinajstić information content (AvgIpc) is 3.16. The van der Waals surface area contributed by atoms with Crippen LogP contribution in [0.5, 0.6) is 5.75 Å². The van der Waals surface area contributed by atoms with Crippen LogP contribution in [0.2, 0.25) is 0 Å². The number of hydroxylamine groups is 1. The Balaban J connectivity index is 1.38. The Morgan fingerprint density at radius 3 is 2.44 bits per heavy atom. The van der Waals surface area contributed by atoms with Gasteiger partial charge in [0.2, 0.25) is 11.8 Å². The Hall–Kier alpha value is -5.33. The van der Waals surface area contributed by atoms with Gasteiger partial charge in [-0.1, -0.05) is 73.5 Å². The molecule has 0 spiro atoms. The number of rotatable bonds is 16. The summed E-state index contributed by atoms with van der Waals surface area (Å²) in [5, 5.41) is 12.7. The van der Waals surface area contributed by atoms with Crippen molar-refractivity contribution < 1.29 is 38.6 Å². The molecule has 1 heterocycles. The number of amides is 3. The molecule has 0 aliphatic carbocycles. The fraction of sp³-hybridized carbons (Fsp3) is 0.375. The summed E-state index contributed by atoms with van der Waals surface area (Å²) in [6, 6.07) is 23.1. The van der Waals surface area contributed by atoms with Gasteiger partial charge >= 0.3 is 5.97 Å². The van der Waals surface area contributed by atoms with E-state index in [1.807, 2.05) is 66.7 Å². The molecule has 52 heavy (non-hydrogen) atoms. The van der Waals surface area contributed by atoms with Gasteiger partial charge in [0.15, 0.2) is 0 Å². The van der Waals surface area contributed by atoms with E-state index in [2.05, 4.69) is 10.5 Å². The highest BCUT2D eigenvalue weighted by atomic mass is 16.5. The van der Waals surface area contributed by atoms with Gasteiger partial charge in [-0.25, -0.2) is 10.9 Å². The quantitative estimate of drug-likeness (QED) is 0.0405. The molecule has 12 nitrogen and oxygen atoms in total. The summed E-state index contributed by atoms with van der Waals surface area (Å²) in [6.07, 6.45) is 9.86. The van der Waals surface area contributed by atoms with Gasteiger partial charge in [-0.15, -0.1) is 0 Å². The molecule has 0 unspecified atom stereocenters. The Bertz CT molecular complexity index is 1640. The van der Waals surface area contributed by atoms with Crippen LogP contribution in [0.3, 0.4) is 0 Å². The van der Waals surface area contributed by atoms with E-state index in [1.54, 1.807) is 48.0 Å². The number of esters is 1. The van der Waals surface area contributed by atoms with Crippen LogP contribution in [-0.2, 0) is 30.4 Å². The van der Waals surface area contributed by atoms with Gasteiger partial charge in [-0.05, 0) is 72.7 Å². The molecule has 1 aliphatic rings. The van der Waals surface area contributed by atoms with E-state index in [1.165, 1.54) is 0 Å². The second kappa shape index (κ2) is 21.8. The van der Waals surface area contributed by atoms with E-state index in [0.29, 0.717) is 50.0 Å². The first kappa shape index (κ1) is 39.5. The summed E-state index contributed by atoms with van der Waals surface area (Å²) >= 11 is 0. The third-order valence-corrected chi connectivity index (χ3v) is 8.49. The molecule has 0 radical (unpaired) electrons. The number of allylic oxidation sites excluding steroid dienone is 2. The maximum Gasteiger partial charge on any atom is 0.306 e. The lowest BCUT2D eigenvalue weighted by Gasteiger charge is -2.37. The summed E-state index contributed by atoms with van der Waals surface area (Å²) in [6.45, 7) is 0.908. The van der Waals surface area contributed by atoms with Crippen LogP contribution in [0, 0.1) is 0 Å². The molecule has 0 aromatic heterocycles. The summed E-state index contributed by atoms with van der Waals surface area (Å²) in [5.74, 6) is -0.550. The van der Waals surface area contributed by atoms with Crippen LogP contribution in [0.15, 0.2) is 96.1 Å². The van der Waals surface area contributed by atoms with Crippen molar-refractivity contribution in [1.82, 2.24) is 15.8 Å². The van der Waals surface area contributed by atoms with E-state index in [4.69, 9.17) is 19.4 Å². The molecule has 0 saturated heterocycles. The zero-order valence-corrected chi connectivity index (χ0v) is 29.6. The number of unbranched alkanes of at least 4 members (excludes halogenated alkanes) is 3. The minimum atomic E-state index is -0.730. The van der Waals surface area contributed by atoms with Crippen LogP contribution < -0.4 is 15.6 Å². The van der Waals surface area contributed by atoms with Crippen LogP contribution in [0.25, 0.3) is 0 Å². The van der Waals surface area contributed by atoms with Crippen molar-refractivity contribution in [2.75, 3.05) is 20.3 Å². The minimum Gasteiger partial charge on any atom is -0.494 e. The molecular weight excluding hydrogens is 664 g/mol. The summed E-state index contributed by atoms with van der Waals surface area (Å²) in [5.41, 5.74) is 6.93. The van der Waals surface area contributed by atoms with Gasteiger partial charge in [-0.2, -0.15) is 5.10 Å². The van der Waals surface area contributed by atoms with Gasteiger partial charge in [-0.3, -0.25) is 24.4 Å². The molecule has 1 aliphatic heterocycles. The number of carbonyl (C=O) groups is 4. The lowest BCUT2D eigenvalue weighted by Crippen LogP contribution is -2.47. The normalized spacial score (nSPS) is 17.5. The zero-order chi connectivity index (χ0) is 37.0. The molecule has 3 aromatic carbocycles. The monoisotopic (exact) mass is 712 g/mol. The van der Waals surface area contributed by atoms with Crippen molar-refractivity contribution in [2.45, 2.75) is 76.5 Å². The number of hydrogen-bond donors (Lipinski definition) is 3. The van der Waals surface area contributed by atoms with E-state index < -0.39 is 12.1 Å². The van der Waals surface area contributed by atoms with Crippen LogP contribution in [-0.4, -0.2) is 66.4 Å². The maximum atomic E-state index is 13.8. The molecule has 2 atom stereocenters. The molecule has 12 heteroatoms. The molecule has 0 fully saturated rings. The number of hydrogen-bond acceptors (Lipinski definition) is 9. The summed E-state index contributed by atoms with van der Waals surface area (Å²) in [4.78, 5) is 52.2. The molecule has 3 N–H and O–H groups in total. The topological polar surface area (TPSA) is 156 Å². The van der Waals surface area contributed by atoms with Crippen LogP contribution >= 0.6 is 0 Å². The number of carbonyl (C=O) groups excluding carboxylic acids is 4. The maximum absolute atomic E-state index is 13.8. The molecule has 0 saturated carbocycles. The van der Waals surface area contributed by atoms with E-state index in [-0.39, 0.29) is 43.3 Å². The lowest BCUT2D eigenvalue weighted by atomic mass is 9.99. The first-order valence-electron chi connectivity index (χ1n) is 17.6. The van der Waals surface area contributed by atoms with E-state index in [9.17, 15) is 19.2 Å². The Labute approximate surface area is 304 Å². The molecular formula is C40H48N4O8. The molecule has 4 rings (SSSR count). The molecule has 3 aromatic rings. The number of benzene rings is 3. The second-order valence-corrected chi connectivity index (χ2v) is 12.4. The second-order valence-electron chi connectivity index (χ2n) is 12.4. The van der Waals surface area contributed by atoms with Crippen molar-refractivity contribution in [3.8, 4) is 5.75 Å². The first-order chi connectivity index (χ1) is 25.4. The van der Waals surface area contributed by atoms with Gasteiger partial charge in [0.1, 0.15) is 11.9 Å². The summed E-state index contributed by atoms with van der Waals surface area (Å²) < 4.78 is 17.4. The Morgan fingerprint density at radius 2 is 1.69 bits per heavy atom. The van der Waals surface area contributed by atoms with E-state index >= 15 is 0 Å². The Morgan fingerprint density at radius 1 is 0.942 bits per heavy atom. The van der Waals surface area contributed by atoms with Crippen molar-refractivity contribution >= 4 is 29.9 Å². The minimum absolute atomic E-state index is 0.0889. The van der Waals surface area contributed by atoms with Gasteiger partial charge in [0, 0.05) is 38.5 Å². The largest absolute Gasteiger partial charge is 0.494 e. The Kier molecular flexibility index (Phi) is 16.5. The van der Waals surface area contributed by atoms with Crippen molar-refractivity contribution in [1.29, 1.82) is 0 Å². The average molecular weight is 713 g/mol. The molecule has 276 valence electrons. The standard InChI is InChI=1S/C40H48N4O8/c1-50-29-35-39(32-16-7-6-8-17-32)52-38(47)20-11-3-2-10-19-37(46)44(35)28-31-15-13-14-30(26-31)27-41-42-40(48)33-21-23-34(24-22-33)51-25-12-5-4-9-18-36(45)43-49/h2-3,6-8,13-17,21-24,26-27,35,39,49H,4-5,9-12,18-20,25,28-29H2,1H3,(H,42,48)(H,43,45)/b3-2+,41-27+/t35-,39-/m0/s1. The lowest BCUT2D eigenvalue weighted by molar-refractivity contribution is -0.159. The molecule has 3 amide bonds. The zero-order valence-electron chi connectivity index (χ0n) is 29.6. The van der Waals surface area contributed by atoms with Crippen molar-refractivity contribution in [3.63, 3.8) is 0 Å². The van der Waals surface area contributed by atoms with Crippen molar-refractivity contribution in [3.05, 3.63) is 113 Å². The number of cyclic esters (lactones) is 1. The van der Waals surface area contributed by atoms with Gasteiger partial charge in [0.05, 0.1) is 25.5 Å². The smallest absolute Gasteiger partial charge is 0.306 e. The predicted octanol–water partition coefficient (Wildman–Crippen LogP) is 6.04. The third kappa shape index (κ3) is 13.1. The highest BCUT2D eigenvalue weighted by Gasteiger charge is 2.35. The van der Waals surface area contributed by atoms with E-state index in [0.717, 1.165) is 36.0 Å².